The molecule has 4 rings (SSSR count). The van der Waals surface area contributed by atoms with Crippen LogP contribution in [0.25, 0.3) is 0 Å². The van der Waals surface area contributed by atoms with Crippen LogP contribution >= 0.6 is 0 Å². The zero-order valence-electron chi connectivity index (χ0n) is 15.1. The van der Waals surface area contributed by atoms with Crippen molar-refractivity contribution in [1.82, 2.24) is 16.2 Å². The van der Waals surface area contributed by atoms with Crippen molar-refractivity contribution >= 4 is 17.8 Å². The van der Waals surface area contributed by atoms with Crippen molar-refractivity contribution in [2.75, 3.05) is 0 Å². The molecule has 0 saturated heterocycles. The summed E-state index contributed by atoms with van der Waals surface area (Å²) in [6.45, 7) is 3.61. The molecule has 0 radical (unpaired) electrons. The van der Waals surface area contributed by atoms with Gasteiger partial charge in [-0.3, -0.25) is 20.4 Å². The van der Waals surface area contributed by atoms with E-state index < -0.39 is 18.0 Å². The number of carbonyl (C=O) groups excluding carboxylic acids is 3. The number of nitrogens with one attached hydrogen (secondary N) is 3. The topological polar surface area (TPSA) is 113 Å². The smallest absolute Gasteiger partial charge is 0.312 e. The molecule has 1 atom stereocenters. The van der Waals surface area contributed by atoms with Gasteiger partial charge in [0.05, 0.1) is 0 Å². The van der Waals surface area contributed by atoms with Gasteiger partial charge in [0.15, 0.2) is 0 Å². The second-order valence-corrected chi connectivity index (χ2v) is 8.86. The molecule has 4 aliphatic rings. The summed E-state index contributed by atoms with van der Waals surface area (Å²) in [5, 5.41) is 2.40. The number of urea groups is 1. The molecule has 4 fully saturated rings. The molecule has 0 heterocycles. The van der Waals surface area contributed by atoms with Gasteiger partial charge in [-0.15, -0.1) is 0 Å². The first-order chi connectivity index (χ1) is 11.8. The van der Waals surface area contributed by atoms with Crippen LogP contribution in [0, 0.1) is 29.1 Å². The quantitative estimate of drug-likeness (QED) is 0.563. The first-order valence-electron chi connectivity index (χ1n) is 9.41. The predicted molar refractivity (Wildman–Crippen MR) is 92.9 cm³/mol. The van der Waals surface area contributed by atoms with Crippen LogP contribution in [0.15, 0.2) is 0 Å². The van der Waals surface area contributed by atoms with Gasteiger partial charge >= 0.3 is 6.03 Å². The Labute approximate surface area is 148 Å². The van der Waals surface area contributed by atoms with Gasteiger partial charge < -0.3 is 11.1 Å². The van der Waals surface area contributed by atoms with Gasteiger partial charge in [-0.25, -0.2) is 4.79 Å². The number of hydrazine groups is 1. The lowest BCUT2D eigenvalue weighted by Gasteiger charge is -2.56. The van der Waals surface area contributed by atoms with Gasteiger partial charge in [-0.1, -0.05) is 13.8 Å². The Balaban J connectivity index is 1.51. The van der Waals surface area contributed by atoms with Crippen LogP contribution < -0.4 is 21.9 Å². The van der Waals surface area contributed by atoms with Crippen LogP contribution in [0.3, 0.4) is 0 Å². The maximum Gasteiger partial charge on any atom is 0.312 e. The first kappa shape index (κ1) is 18.0. The van der Waals surface area contributed by atoms with E-state index in [2.05, 4.69) is 16.2 Å². The highest BCUT2D eigenvalue weighted by atomic mass is 16.2. The summed E-state index contributed by atoms with van der Waals surface area (Å²) in [6, 6.07) is -1.52. The third-order valence-corrected chi connectivity index (χ3v) is 6.27. The molecule has 0 aromatic heterocycles. The normalized spacial score (nSPS) is 33.8. The summed E-state index contributed by atoms with van der Waals surface area (Å²) in [7, 11) is 0. The number of nitrogens with two attached hydrogens (primary N) is 1. The molecule has 4 aliphatic carbocycles. The molecule has 0 spiro atoms. The van der Waals surface area contributed by atoms with E-state index in [1.807, 2.05) is 0 Å². The van der Waals surface area contributed by atoms with Crippen LogP contribution in [-0.4, -0.2) is 23.9 Å². The summed E-state index contributed by atoms with van der Waals surface area (Å²) in [5.41, 5.74) is 10.2. The van der Waals surface area contributed by atoms with E-state index in [0.717, 1.165) is 37.0 Å². The Morgan fingerprint density at radius 2 is 1.52 bits per heavy atom. The van der Waals surface area contributed by atoms with Crippen molar-refractivity contribution < 1.29 is 14.4 Å². The van der Waals surface area contributed by atoms with E-state index >= 15 is 0 Å². The van der Waals surface area contributed by atoms with E-state index in [-0.39, 0.29) is 17.2 Å². The summed E-state index contributed by atoms with van der Waals surface area (Å²) in [4.78, 5) is 35.6. The second-order valence-electron chi connectivity index (χ2n) is 8.86. The molecule has 4 saturated carbocycles. The Bertz CT molecular complexity index is 525. The van der Waals surface area contributed by atoms with Gasteiger partial charge in [-0.2, -0.15) is 0 Å². The number of primary amides is 1. The highest BCUT2D eigenvalue weighted by molar-refractivity contribution is 5.88. The van der Waals surface area contributed by atoms with Crippen molar-refractivity contribution in [2.24, 2.45) is 34.8 Å². The fourth-order valence-electron chi connectivity index (χ4n) is 5.79. The van der Waals surface area contributed by atoms with E-state index in [1.165, 1.54) is 19.3 Å². The Morgan fingerprint density at radius 1 is 1.00 bits per heavy atom. The van der Waals surface area contributed by atoms with Crippen LogP contribution in [0.4, 0.5) is 4.79 Å². The molecular formula is C18H30N4O3. The van der Waals surface area contributed by atoms with Crippen molar-refractivity contribution in [1.29, 1.82) is 0 Å². The molecule has 5 N–H and O–H groups in total. The number of carbonyl (C=O) groups is 3. The fraction of sp³-hybridized carbons (Fsp3) is 0.833. The van der Waals surface area contributed by atoms with Crippen molar-refractivity contribution in [3.05, 3.63) is 0 Å². The molecule has 0 aromatic rings. The Morgan fingerprint density at radius 3 is 1.96 bits per heavy atom. The standard InChI is InChI=1S/C18H30N4O3/c1-10(2)15(20-17(19)25)16(24)22-21-14(23)9-18-6-11-3-12(7-18)5-13(4-11)8-18/h10-13,15H,3-9H2,1-2H3,(H,21,23)(H,22,24)(H3,19,20,25). The Kier molecular flexibility index (Phi) is 4.93. The highest BCUT2D eigenvalue weighted by Gasteiger charge is 2.51. The fourth-order valence-corrected chi connectivity index (χ4v) is 5.79. The molecule has 25 heavy (non-hydrogen) atoms. The van der Waals surface area contributed by atoms with E-state index in [4.69, 9.17) is 5.73 Å². The van der Waals surface area contributed by atoms with Gasteiger partial charge in [0.2, 0.25) is 5.91 Å². The number of hydrogen-bond acceptors (Lipinski definition) is 3. The zero-order chi connectivity index (χ0) is 18.2. The maximum absolute atomic E-state index is 12.4. The monoisotopic (exact) mass is 350 g/mol. The summed E-state index contributed by atoms with van der Waals surface area (Å²) < 4.78 is 0. The molecule has 4 bridgehead atoms. The van der Waals surface area contributed by atoms with Crippen LogP contribution in [0.2, 0.25) is 0 Å². The number of rotatable bonds is 5. The first-order valence-corrected chi connectivity index (χ1v) is 9.41. The maximum atomic E-state index is 12.4. The average molecular weight is 350 g/mol. The number of amides is 4. The molecule has 140 valence electrons. The summed E-state index contributed by atoms with van der Waals surface area (Å²) >= 11 is 0. The summed E-state index contributed by atoms with van der Waals surface area (Å²) in [6.07, 6.45) is 7.95. The minimum Gasteiger partial charge on any atom is -0.352 e. The number of hydrogen-bond donors (Lipinski definition) is 4. The van der Waals surface area contributed by atoms with Crippen molar-refractivity contribution in [3.63, 3.8) is 0 Å². The lowest BCUT2D eigenvalue weighted by molar-refractivity contribution is -0.135. The van der Waals surface area contributed by atoms with Gasteiger partial charge in [-0.05, 0) is 67.6 Å². The summed E-state index contributed by atoms with van der Waals surface area (Å²) in [5.74, 6) is 1.65. The van der Waals surface area contributed by atoms with E-state index in [0.29, 0.717) is 6.42 Å². The van der Waals surface area contributed by atoms with Gasteiger partial charge in [0.25, 0.3) is 5.91 Å². The van der Waals surface area contributed by atoms with Crippen LogP contribution in [0.1, 0.15) is 58.8 Å². The Hall–Kier alpha value is -1.79. The van der Waals surface area contributed by atoms with E-state index in [1.54, 1.807) is 13.8 Å². The lowest BCUT2D eigenvalue weighted by atomic mass is 9.49. The van der Waals surface area contributed by atoms with Gasteiger partial charge in [0, 0.05) is 6.42 Å². The van der Waals surface area contributed by atoms with Crippen molar-refractivity contribution in [2.45, 2.75) is 64.8 Å². The largest absolute Gasteiger partial charge is 0.352 e. The highest BCUT2D eigenvalue weighted by Crippen LogP contribution is 2.61. The molecule has 1 unspecified atom stereocenters. The SMILES string of the molecule is CC(C)C(NC(N)=O)C(=O)NNC(=O)CC12CC3CC(CC(C3)C1)C2. The zero-order valence-corrected chi connectivity index (χ0v) is 15.1. The minimum atomic E-state index is -0.766. The van der Waals surface area contributed by atoms with Crippen molar-refractivity contribution in [3.8, 4) is 0 Å². The van der Waals surface area contributed by atoms with Crippen LogP contribution in [-0.2, 0) is 9.59 Å². The molecule has 7 nitrogen and oxygen atoms in total. The molecule has 7 heteroatoms. The second kappa shape index (κ2) is 6.84. The minimum absolute atomic E-state index is 0.131. The molecule has 4 amide bonds. The molecular weight excluding hydrogens is 320 g/mol. The molecule has 0 aromatic carbocycles. The predicted octanol–water partition coefficient (Wildman–Crippen LogP) is 1.43. The van der Waals surface area contributed by atoms with E-state index in [9.17, 15) is 14.4 Å². The molecule has 0 aliphatic heterocycles. The van der Waals surface area contributed by atoms with Crippen LogP contribution in [0.5, 0.6) is 0 Å². The van der Waals surface area contributed by atoms with Gasteiger partial charge in [0.1, 0.15) is 6.04 Å². The third kappa shape index (κ3) is 4.07. The lowest BCUT2D eigenvalue weighted by Crippen LogP contribution is -2.56. The third-order valence-electron chi connectivity index (χ3n) is 6.27. The average Bonchev–Trinajstić information content (AvgIpc) is 2.48.